The second-order valence-corrected chi connectivity index (χ2v) is 10.8. The van der Waals surface area contributed by atoms with Gasteiger partial charge in [-0.3, -0.25) is 9.36 Å². The Bertz CT molecular complexity index is 1420. The van der Waals surface area contributed by atoms with Crippen molar-refractivity contribution in [1.82, 2.24) is 9.05 Å². The minimum absolute atomic E-state index is 0.107. The number of likely N-dealkylation sites (N-methyl/N-ethyl adjacent to an activating group) is 1. The quantitative estimate of drug-likeness (QED) is 0.360. The molecule has 3 aliphatic rings. The van der Waals surface area contributed by atoms with Crippen LogP contribution in [0.3, 0.4) is 0 Å². The Morgan fingerprint density at radius 1 is 1.06 bits per heavy atom. The van der Waals surface area contributed by atoms with Gasteiger partial charge in [0.1, 0.15) is 29.8 Å². The maximum atomic E-state index is 13.1. The normalized spacial score (nSPS) is 26.7. The zero-order valence-electron chi connectivity index (χ0n) is 21.2. The summed E-state index contributed by atoms with van der Waals surface area (Å²) in [5.74, 6) is 0.577. The smallest absolute Gasteiger partial charge is 0.258 e. The predicted molar refractivity (Wildman–Crippen MR) is 144 cm³/mol. The lowest BCUT2D eigenvalue weighted by Gasteiger charge is -2.49. The third-order valence-electron chi connectivity index (χ3n) is 8.68. The van der Waals surface area contributed by atoms with Gasteiger partial charge in [-0.2, -0.15) is 0 Å². The number of rotatable bonds is 5. The van der Waals surface area contributed by atoms with Crippen LogP contribution < -0.4 is 14.8 Å². The molecule has 1 fully saturated rings. The summed E-state index contributed by atoms with van der Waals surface area (Å²) < 4.78 is 9.21. The number of hydrogen-bond acceptors (Lipinski definition) is 2. The minimum Gasteiger partial charge on any atom is -0.489 e. The van der Waals surface area contributed by atoms with Crippen LogP contribution in [0, 0.1) is 6.20 Å². The number of nitrogens with zero attached hydrogens (tertiary/aromatic N) is 3. The van der Waals surface area contributed by atoms with E-state index in [9.17, 15) is 4.79 Å². The molecule has 0 radical (unpaired) electrons. The fraction of sp³-hybridized carbons (Fsp3) is 0.323. The van der Waals surface area contributed by atoms with E-state index in [1.165, 1.54) is 54.9 Å². The van der Waals surface area contributed by atoms with E-state index in [4.69, 9.17) is 4.74 Å². The molecule has 0 saturated carbocycles. The Hall–Kier alpha value is -3.41. The van der Waals surface area contributed by atoms with Gasteiger partial charge < -0.3 is 13.7 Å². The molecule has 36 heavy (non-hydrogen) atoms. The summed E-state index contributed by atoms with van der Waals surface area (Å²) in [6, 6.07) is 20.4. The first kappa shape index (κ1) is 23.0. The van der Waals surface area contributed by atoms with E-state index in [-0.39, 0.29) is 5.56 Å². The van der Waals surface area contributed by atoms with Crippen LogP contribution in [-0.2, 0) is 6.61 Å². The number of aromatic nitrogens is 1. The van der Waals surface area contributed by atoms with E-state index >= 15 is 0 Å². The molecule has 0 spiro atoms. The van der Waals surface area contributed by atoms with Crippen LogP contribution in [0.2, 0.25) is 0 Å². The Morgan fingerprint density at radius 3 is 2.67 bits per heavy atom. The van der Waals surface area contributed by atoms with Gasteiger partial charge in [-0.25, -0.2) is 12.8 Å². The topological polar surface area (TPSA) is 31.2 Å². The fourth-order valence-electron chi connectivity index (χ4n) is 6.59. The van der Waals surface area contributed by atoms with Crippen molar-refractivity contribution < 1.29 is 9.22 Å². The molecule has 6 rings (SSSR count). The number of ether oxygens (including phenoxy) is 1. The number of quaternary nitrogens is 2. The summed E-state index contributed by atoms with van der Waals surface area (Å²) in [6.07, 6.45) is 10.1. The van der Waals surface area contributed by atoms with Gasteiger partial charge in [0.05, 0.1) is 44.9 Å². The molecule has 3 unspecified atom stereocenters. The molecule has 3 aromatic rings. The Kier molecular flexibility index (Phi) is 5.51. The Balaban J connectivity index is 1.34. The number of fused-ring (bicyclic) bond motifs is 4. The lowest BCUT2D eigenvalue weighted by Crippen LogP contribution is -2.58. The standard InChI is InChI=1S/C31H34N3O2/c1-4-34(3)28-16-19-33(2)18-9-8-12-27(33)31(28)26-14-13-24(20-29(26)34)32-17-15-25(21-30(32)35)36-22-23-10-6-5-7-11-23/h5-7,10-11,13-15,17,20-21,27H,1,8-9,12,16,18-19,22H2,2-3H3/q+1. The molecule has 2 aromatic carbocycles. The van der Waals surface area contributed by atoms with Crippen LogP contribution in [0.5, 0.6) is 5.75 Å². The van der Waals surface area contributed by atoms with Crippen LogP contribution in [0.1, 0.15) is 36.8 Å². The first-order chi connectivity index (χ1) is 17.4. The largest absolute Gasteiger partial charge is 0.489 e. The van der Waals surface area contributed by atoms with Crippen molar-refractivity contribution in [2.75, 3.05) is 27.2 Å². The molecule has 3 atom stereocenters. The highest BCUT2D eigenvalue weighted by Gasteiger charge is 2.50. The van der Waals surface area contributed by atoms with Crippen LogP contribution in [0.25, 0.3) is 11.3 Å². The molecule has 5 heteroatoms. The molecule has 1 aromatic heterocycles. The lowest BCUT2D eigenvalue weighted by atomic mass is 9.84. The highest BCUT2D eigenvalue weighted by molar-refractivity contribution is 5.89. The van der Waals surface area contributed by atoms with Crippen molar-refractivity contribution >= 4 is 11.3 Å². The van der Waals surface area contributed by atoms with E-state index in [1.807, 2.05) is 42.6 Å². The maximum absolute atomic E-state index is 13.1. The number of piperidine rings is 1. The van der Waals surface area contributed by atoms with E-state index in [0.717, 1.165) is 22.2 Å². The molecule has 4 heterocycles. The predicted octanol–water partition coefficient (Wildman–Crippen LogP) is 5.43. The van der Waals surface area contributed by atoms with Crippen LogP contribution in [-0.4, -0.2) is 42.3 Å². The van der Waals surface area contributed by atoms with Crippen LogP contribution >= 0.6 is 0 Å². The summed E-state index contributed by atoms with van der Waals surface area (Å²) in [4.78, 5) is 13.1. The van der Waals surface area contributed by atoms with Gasteiger partial charge in [-0.15, -0.1) is 0 Å². The second kappa shape index (κ2) is 8.61. The van der Waals surface area contributed by atoms with Crippen LogP contribution in [0.15, 0.2) is 83.9 Å². The minimum atomic E-state index is -0.107. The highest BCUT2D eigenvalue weighted by atomic mass is 16.5. The molecular weight excluding hydrogens is 446 g/mol. The average Bonchev–Trinajstić information content (AvgIpc) is 3.16. The van der Waals surface area contributed by atoms with Gasteiger partial charge in [-0.05, 0) is 36.6 Å². The van der Waals surface area contributed by atoms with Gasteiger partial charge in [-0.1, -0.05) is 30.3 Å². The van der Waals surface area contributed by atoms with E-state index in [2.05, 4.69) is 45.1 Å². The first-order valence-electron chi connectivity index (χ1n) is 13.0. The van der Waals surface area contributed by atoms with Crippen molar-refractivity contribution in [3.05, 3.63) is 107 Å². The van der Waals surface area contributed by atoms with Gasteiger partial charge in [0.15, 0.2) is 0 Å². The molecule has 0 N–H and O–H groups in total. The van der Waals surface area contributed by atoms with Crippen molar-refractivity contribution in [1.29, 1.82) is 0 Å². The lowest BCUT2D eigenvalue weighted by molar-refractivity contribution is -0.931. The number of benzene rings is 2. The Morgan fingerprint density at radius 2 is 1.89 bits per heavy atom. The summed E-state index contributed by atoms with van der Waals surface area (Å²) in [5, 5.41) is 0. The molecule has 1 saturated heterocycles. The third-order valence-corrected chi connectivity index (χ3v) is 8.68. The molecule has 0 amide bonds. The fourth-order valence-corrected chi connectivity index (χ4v) is 6.59. The van der Waals surface area contributed by atoms with Crippen LogP contribution in [0.4, 0.5) is 5.69 Å². The molecule has 5 nitrogen and oxygen atoms in total. The summed E-state index contributed by atoms with van der Waals surface area (Å²) in [7, 11) is 4.63. The maximum Gasteiger partial charge on any atom is 0.258 e. The van der Waals surface area contributed by atoms with Crippen molar-refractivity contribution in [2.45, 2.75) is 38.3 Å². The molecular formula is C31H34N3O2+. The molecule has 184 valence electrons. The van der Waals surface area contributed by atoms with Crippen molar-refractivity contribution in [2.24, 2.45) is 0 Å². The zero-order chi connectivity index (χ0) is 24.9. The van der Waals surface area contributed by atoms with E-state index in [1.54, 1.807) is 10.6 Å². The zero-order valence-corrected chi connectivity index (χ0v) is 21.2. The van der Waals surface area contributed by atoms with Crippen molar-refractivity contribution in [3.63, 3.8) is 0 Å². The monoisotopic (exact) mass is 480 g/mol. The molecule has 3 aliphatic heterocycles. The van der Waals surface area contributed by atoms with Gasteiger partial charge in [0.2, 0.25) is 0 Å². The average molecular weight is 481 g/mol. The van der Waals surface area contributed by atoms with Gasteiger partial charge in [0.25, 0.3) is 5.56 Å². The Labute approximate surface area is 213 Å². The second-order valence-electron chi connectivity index (χ2n) is 10.8. The van der Waals surface area contributed by atoms with Gasteiger partial charge >= 0.3 is 0 Å². The number of pyridine rings is 1. The van der Waals surface area contributed by atoms with E-state index < -0.39 is 0 Å². The summed E-state index contributed by atoms with van der Waals surface area (Å²) >= 11 is 0. The molecule has 0 aliphatic carbocycles. The number of hydrogen-bond donors (Lipinski definition) is 0. The van der Waals surface area contributed by atoms with E-state index in [0.29, 0.717) is 22.9 Å². The van der Waals surface area contributed by atoms with Crippen molar-refractivity contribution in [3.8, 4) is 11.4 Å². The molecule has 0 bridgehead atoms. The summed E-state index contributed by atoms with van der Waals surface area (Å²) in [6.45, 7) is 6.98. The van der Waals surface area contributed by atoms with Gasteiger partial charge in [0, 0.05) is 30.3 Å². The third kappa shape index (κ3) is 3.57. The SMILES string of the molecule is C=[C-][N+]1(C)C2=C(c3ccc(-n4ccc(OCc5ccccc5)cc4=O)cc31)C1CCCC[N+]1(C)CC2. The summed E-state index contributed by atoms with van der Waals surface area (Å²) in [5.41, 5.74) is 7.22. The highest BCUT2D eigenvalue weighted by Crippen LogP contribution is 2.53. The first-order valence-corrected chi connectivity index (χ1v) is 13.0.